The molecule has 0 unspecified atom stereocenters. The zero-order chi connectivity index (χ0) is 24.6. The molecule has 3 heterocycles. The summed E-state index contributed by atoms with van der Waals surface area (Å²) >= 11 is 5.96. The first-order valence-corrected chi connectivity index (χ1v) is 13.0. The highest BCUT2D eigenvalue weighted by Crippen LogP contribution is 2.31. The van der Waals surface area contributed by atoms with Gasteiger partial charge in [-0.2, -0.15) is 0 Å². The highest BCUT2D eigenvalue weighted by Gasteiger charge is 2.32. The molecule has 0 radical (unpaired) electrons. The van der Waals surface area contributed by atoms with Crippen LogP contribution in [0, 0.1) is 5.92 Å². The Morgan fingerprint density at radius 1 is 0.917 bits per heavy atom. The number of hydrogen-bond acceptors (Lipinski definition) is 7. The highest BCUT2D eigenvalue weighted by atomic mass is 35.5. The number of imidazole rings is 1. The molecule has 2 amide bonds. The Bertz CT molecular complexity index is 1290. The van der Waals surface area contributed by atoms with Crippen molar-refractivity contribution < 1.29 is 9.59 Å². The Kier molecular flexibility index (Phi) is 6.12. The SMILES string of the molecule is O=C(Nc1ccnc(Cl)c1)c1cnc2c(NC3CC3)cc(NC3CCC(NC(=O)C4CC4)CC3)nn12. The van der Waals surface area contributed by atoms with Gasteiger partial charge in [-0.1, -0.05) is 11.6 Å². The molecule has 0 saturated heterocycles. The van der Waals surface area contributed by atoms with Crippen LogP contribution in [0.15, 0.2) is 30.6 Å². The van der Waals surface area contributed by atoms with Crippen LogP contribution < -0.4 is 21.3 Å². The summed E-state index contributed by atoms with van der Waals surface area (Å²) in [7, 11) is 0. The summed E-state index contributed by atoms with van der Waals surface area (Å²) in [4.78, 5) is 33.6. The van der Waals surface area contributed by atoms with Crippen LogP contribution in [-0.4, -0.2) is 49.5 Å². The molecule has 3 aliphatic carbocycles. The number of rotatable bonds is 8. The lowest BCUT2D eigenvalue weighted by Crippen LogP contribution is -2.40. The molecule has 0 aromatic carbocycles. The molecule has 11 heteroatoms. The predicted molar refractivity (Wildman–Crippen MR) is 137 cm³/mol. The van der Waals surface area contributed by atoms with Gasteiger partial charge in [0.05, 0.1) is 11.9 Å². The van der Waals surface area contributed by atoms with E-state index in [4.69, 9.17) is 16.7 Å². The van der Waals surface area contributed by atoms with Gasteiger partial charge in [0.25, 0.3) is 5.91 Å². The number of amides is 2. The lowest BCUT2D eigenvalue weighted by atomic mass is 9.91. The fourth-order valence-electron chi connectivity index (χ4n) is 4.68. The van der Waals surface area contributed by atoms with Crippen LogP contribution in [-0.2, 0) is 4.79 Å². The first kappa shape index (κ1) is 23.0. The average Bonchev–Trinajstić information content (AvgIpc) is 3.79. The summed E-state index contributed by atoms with van der Waals surface area (Å²) in [5.74, 6) is 0.814. The van der Waals surface area contributed by atoms with Crippen molar-refractivity contribution in [3.63, 3.8) is 0 Å². The minimum atomic E-state index is -0.335. The second-order valence-electron chi connectivity index (χ2n) is 10.0. The molecule has 0 atom stereocenters. The number of aromatic nitrogens is 4. The zero-order valence-electron chi connectivity index (χ0n) is 19.8. The largest absolute Gasteiger partial charge is 0.379 e. The Labute approximate surface area is 213 Å². The normalized spacial score (nSPS) is 21.7. The van der Waals surface area contributed by atoms with E-state index in [2.05, 4.69) is 31.2 Å². The molecular weight excluding hydrogens is 480 g/mol. The topological polar surface area (TPSA) is 125 Å². The van der Waals surface area contributed by atoms with Crippen molar-refractivity contribution >= 4 is 46.3 Å². The molecule has 10 nitrogen and oxygen atoms in total. The molecule has 6 rings (SSSR count). The van der Waals surface area contributed by atoms with Crippen LogP contribution >= 0.6 is 11.6 Å². The van der Waals surface area contributed by atoms with E-state index < -0.39 is 0 Å². The molecule has 36 heavy (non-hydrogen) atoms. The molecule has 3 saturated carbocycles. The molecule has 4 N–H and O–H groups in total. The van der Waals surface area contributed by atoms with Gasteiger partial charge in [0.1, 0.15) is 11.0 Å². The maximum absolute atomic E-state index is 13.1. The minimum absolute atomic E-state index is 0.217. The molecular formula is C25H29ClN8O2. The van der Waals surface area contributed by atoms with Crippen molar-refractivity contribution in [3.8, 4) is 0 Å². The molecule has 0 spiro atoms. The van der Waals surface area contributed by atoms with E-state index >= 15 is 0 Å². The van der Waals surface area contributed by atoms with Gasteiger partial charge < -0.3 is 21.3 Å². The Hall–Kier alpha value is -3.40. The number of carbonyl (C=O) groups is 2. The van der Waals surface area contributed by atoms with Crippen molar-refractivity contribution in [2.24, 2.45) is 5.92 Å². The number of carbonyl (C=O) groups excluding carboxylic acids is 2. The number of anilines is 3. The summed E-state index contributed by atoms with van der Waals surface area (Å²) in [6.07, 6.45) is 11.1. The first-order valence-electron chi connectivity index (χ1n) is 12.7. The monoisotopic (exact) mass is 508 g/mol. The molecule has 0 aliphatic heterocycles. The van der Waals surface area contributed by atoms with E-state index in [1.807, 2.05) is 6.07 Å². The van der Waals surface area contributed by atoms with E-state index in [0.717, 1.165) is 57.1 Å². The highest BCUT2D eigenvalue weighted by molar-refractivity contribution is 6.29. The molecule has 3 aliphatic rings. The van der Waals surface area contributed by atoms with E-state index in [0.29, 0.717) is 34.0 Å². The molecule has 0 bridgehead atoms. The van der Waals surface area contributed by atoms with Crippen LogP contribution in [0.2, 0.25) is 5.15 Å². The van der Waals surface area contributed by atoms with Gasteiger partial charge in [-0.25, -0.2) is 14.5 Å². The second-order valence-corrected chi connectivity index (χ2v) is 10.4. The van der Waals surface area contributed by atoms with Crippen molar-refractivity contribution in [1.82, 2.24) is 24.9 Å². The molecule has 3 aromatic heterocycles. The Morgan fingerprint density at radius 2 is 1.64 bits per heavy atom. The smallest absolute Gasteiger partial charge is 0.276 e. The first-order chi connectivity index (χ1) is 17.5. The summed E-state index contributed by atoms with van der Waals surface area (Å²) in [5, 5.41) is 18.2. The van der Waals surface area contributed by atoms with Crippen molar-refractivity contribution in [2.45, 2.75) is 69.5 Å². The maximum Gasteiger partial charge on any atom is 0.276 e. The predicted octanol–water partition coefficient (Wildman–Crippen LogP) is 3.85. The van der Waals surface area contributed by atoms with Crippen LogP contribution in [0.4, 0.5) is 17.2 Å². The molecule has 3 aromatic rings. The van der Waals surface area contributed by atoms with Crippen molar-refractivity contribution in [3.05, 3.63) is 41.4 Å². The van der Waals surface area contributed by atoms with Crippen molar-refractivity contribution in [1.29, 1.82) is 0 Å². The Balaban J connectivity index is 1.19. The van der Waals surface area contributed by atoms with Gasteiger partial charge in [-0.05, 0) is 63.5 Å². The fraction of sp³-hybridized carbons (Fsp3) is 0.480. The lowest BCUT2D eigenvalue weighted by Gasteiger charge is -2.30. The third-order valence-electron chi connectivity index (χ3n) is 7.00. The van der Waals surface area contributed by atoms with E-state index in [-0.39, 0.29) is 29.8 Å². The standard InChI is InChI=1S/C25H29ClN8O2/c26-21-11-18(9-10-27-21)32-25(36)20-13-28-23-19(29-15-3-4-15)12-22(33-34(20)23)30-16-5-7-17(8-6-16)31-24(35)14-1-2-14/h9-17,29H,1-8H2,(H,30,33)(H,31,35)(H,27,32,36). The number of halogens is 1. The number of nitrogens with one attached hydrogen (secondary N) is 4. The van der Waals surface area contributed by atoms with Gasteiger partial charge in [-0.3, -0.25) is 9.59 Å². The van der Waals surface area contributed by atoms with Crippen LogP contribution in [0.1, 0.15) is 61.9 Å². The van der Waals surface area contributed by atoms with Crippen LogP contribution in [0.3, 0.4) is 0 Å². The molecule has 188 valence electrons. The Morgan fingerprint density at radius 3 is 2.36 bits per heavy atom. The third-order valence-corrected chi connectivity index (χ3v) is 7.20. The van der Waals surface area contributed by atoms with Crippen LogP contribution in [0.25, 0.3) is 5.65 Å². The van der Waals surface area contributed by atoms with E-state index in [9.17, 15) is 9.59 Å². The maximum atomic E-state index is 13.1. The van der Waals surface area contributed by atoms with Gasteiger partial charge in [0.15, 0.2) is 11.3 Å². The van der Waals surface area contributed by atoms with Gasteiger partial charge in [0, 0.05) is 42.0 Å². The minimum Gasteiger partial charge on any atom is -0.379 e. The fourth-order valence-corrected chi connectivity index (χ4v) is 4.85. The average molecular weight is 509 g/mol. The third kappa shape index (κ3) is 5.23. The number of fused-ring (bicyclic) bond motifs is 1. The zero-order valence-corrected chi connectivity index (χ0v) is 20.6. The number of nitrogens with zero attached hydrogens (tertiary/aromatic N) is 4. The van der Waals surface area contributed by atoms with E-state index in [1.54, 1.807) is 16.6 Å². The summed E-state index contributed by atoms with van der Waals surface area (Å²) in [6, 6.07) is 6.17. The summed E-state index contributed by atoms with van der Waals surface area (Å²) < 4.78 is 1.59. The summed E-state index contributed by atoms with van der Waals surface area (Å²) in [6.45, 7) is 0. The van der Waals surface area contributed by atoms with Gasteiger partial charge >= 0.3 is 0 Å². The van der Waals surface area contributed by atoms with Crippen LogP contribution in [0.5, 0.6) is 0 Å². The van der Waals surface area contributed by atoms with Crippen molar-refractivity contribution in [2.75, 3.05) is 16.0 Å². The second kappa shape index (κ2) is 9.57. The van der Waals surface area contributed by atoms with E-state index in [1.165, 1.54) is 12.4 Å². The van der Waals surface area contributed by atoms with Gasteiger partial charge in [-0.15, -0.1) is 5.10 Å². The summed E-state index contributed by atoms with van der Waals surface area (Å²) in [5.41, 5.74) is 2.33. The quantitative estimate of drug-likeness (QED) is 0.340. The lowest BCUT2D eigenvalue weighted by molar-refractivity contribution is -0.123. The number of hydrogen-bond donors (Lipinski definition) is 4. The number of pyridine rings is 1. The van der Waals surface area contributed by atoms with Gasteiger partial charge in [0.2, 0.25) is 5.91 Å². The molecule has 3 fully saturated rings.